The third kappa shape index (κ3) is 3.21. The first-order valence-corrected chi connectivity index (χ1v) is 7.61. The Hall–Kier alpha value is -2.92. The molecule has 0 aliphatic heterocycles. The lowest BCUT2D eigenvalue weighted by Crippen LogP contribution is -2.36. The second-order valence-corrected chi connectivity index (χ2v) is 5.64. The van der Waals surface area contributed by atoms with Crippen molar-refractivity contribution in [3.63, 3.8) is 0 Å². The monoisotopic (exact) mass is 321 g/mol. The van der Waals surface area contributed by atoms with Crippen LogP contribution in [-0.4, -0.2) is 37.1 Å². The number of nitrogens with one attached hydrogen (secondary N) is 1. The standard InChI is InChI=1S/C19H19N3O2/c1-22(2)21-19(23)16-12-18(13-8-10-14(24-3)11-9-13)20-17-7-5-4-6-15(16)17/h4-12H,1-3H3,(H,21,23). The van der Waals surface area contributed by atoms with Gasteiger partial charge in [0.15, 0.2) is 0 Å². The molecule has 3 aromatic rings. The number of carbonyl (C=O) groups is 1. The lowest BCUT2D eigenvalue weighted by molar-refractivity contribution is 0.0858. The van der Waals surface area contributed by atoms with Crippen molar-refractivity contribution < 1.29 is 9.53 Å². The van der Waals surface area contributed by atoms with Crippen LogP contribution >= 0.6 is 0 Å². The summed E-state index contributed by atoms with van der Waals surface area (Å²) in [7, 11) is 5.20. The molecule has 1 N–H and O–H groups in total. The van der Waals surface area contributed by atoms with Crippen molar-refractivity contribution in [1.82, 2.24) is 15.4 Å². The number of para-hydroxylation sites is 1. The quantitative estimate of drug-likeness (QED) is 0.750. The molecule has 5 heteroatoms. The topological polar surface area (TPSA) is 54.5 Å². The first-order chi connectivity index (χ1) is 11.6. The van der Waals surface area contributed by atoms with Crippen LogP contribution in [0.3, 0.4) is 0 Å². The van der Waals surface area contributed by atoms with Gasteiger partial charge in [-0.25, -0.2) is 9.99 Å². The molecule has 0 bridgehead atoms. The Morgan fingerprint density at radius 1 is 1.08 bits per heavy atom. The Bertz CT molecular complexity index is 873. The fourth-order valence-corrected chi connectivity index (χ4v) is 2.54. The van der Waals surface area contributed by atoms with E-state index >= 15 is 0 Å². The molecule has 0 saturated carbocycles. The zero-order valence-corrected chi connectivity index (χ0v) is 13.9. The van der Waals surface area contributed by atoms with Gasteiger partial charge in [0.25, 0.3) is 5.91 Å². The lowest BCUT2D eigenvalue weighted by Gasteiger charge is -2.14. The SMILES string of the molecule is COc1ccc(-c2cc(C(=O)NN(C)C)c3ccccc3n2)cc1. The Morgan fingerprint density at radius 2 is 1.79 bits per heavy atom. The van der Waals surface area contributed by atoms with Crippen molar-refractivity contribution >= 4 is 16.8 Å². The van der Waals surface area contributed by atoms with Gasteiger partial charge in [-0.3, -0.25) is 10.2 Å². The molecule has 122 valence electrons. The molecular formula is C19H19N3O2. The van der Waals surface area contributed by atoms with Gasteiger partial charge in [-0.15, -0.1) is 0 Å². The van der Waals surface area contributed by atoms with E-state index in [1.54, 1.807) is 26.2 Å². The minimum Gasteiger partial charge on any atom is -0.497 e. The Kier molecular flexibility index (Phi) is 4.44. The number of hydrazine groups is 1. The van der Waals surface area contributed by atoms with E-state index in [0.29, 0.717) is 5.56 Å². The number of carbonyl (C=O) groups excluding carboxylic acids is 1. The van der Waals surface area contributed by atoms with E-state index in [1.165, 1.54) is 0 Å². The van der Waals surface area contributed by atoms with E-state index in [1.807, 2.05) is 54.6 Å². The number of amides is 1. The van der Waals surface area contributed by atoms with E-state index in [0.717, 1.165) is 27.9 Å². The number of fused-ring (bicyclic) bond motifs is 1. The highest BCUT2D eigenvalue weighted by Crippen LogP contribution is 2.26. The van der Waals surface area contributed by atoms with E-state index in [2.05, 4.69) is 10.4 Å². The summed E-state index contributed by atoms with van der Waals surface area (Å²) in [6, 6.07) is 17.1. The fraction of sp³-hybridized carbons (Fsp3) is 0.158. The minimum absolute atomic E-state index is 0.159. The van der Waals surface area contributed by atoms with Gasteiger partial charge in [-0.2, -0.15) is 0 Å². The normalized spacial score (nSPS) is 10.8. The van der Waals surface area contributed by atoms with Crippen molar-refractivity contribution in [3.05, 3.63) is 60.2 Å². The molecule has 0 aliphatic carbocycles. The first kappa shape index (κ1) is 16.0. The number of methoxy groups -OCH3 is 1. The van der Waals surface area contributed by atoms with E-state index in [4.69, 9.17) is 4.74 Å². The van der Waals surface area contributed by atoms with Crippen LogP contribution in [-0.2, 0) is 0 Å². The molecule has 1 heterocycles. The predicted octanol–water partition coefficient (Wildman–Crippen LogP) is 3.12. The predicted molar refractivity (Wildman–Crippen MR) is 94.9 cm³/mol. The summed E-state index contributed by atoms with van der Waals surface area (Å²) in [5.41, 5.74) is 5.86. The van der Waals surface area contributed by atoms with Gasteiger partial charge >= 0.3 is 0 Å². The van der Waals surface area contributed by atoms with Crippen molar-refractivity contribution in [2.75, 3.05) is 21.2 Å². The molecule has 5 nitrogen and oxygen atoms in total. The third-order valence-corrected chi connectivity index (χ3v) is 3.67. The van der Waals surface area contributed by atoms with Crippen molar-refractivity contribution in [1.29, 1.82) is 0 Å². The average Bonchev–Trinajstić information content (AvgIpc) is 2.60. The summed E-state index contributed by atoms with van der Waals surface area (Å²) in [6.45, 7) is 0. The maximum Gasteiger partial charge on any atom is 0.266 e. The molecule has 0 radical (unpaired) electrons. The van der Waals surface area contributed by atoms with E-state index in [-0.39, 0.29) is 5.91 Å². The van der Waals surface area contributed by atoms with Crippen molar-refractivity contribution in [2.45, 2.75) is 0 Å². The van der Waals surface area contributed by atoms with Gasteiger partial charge < -0.3 is 4.74 Å². The van der Waals surface area contributed by atoms with Crippen LogP contribution in [0.5, 0.6) is 5.75 Å². The number of aromatic nitrogens is 1. The number of hydrogen-bond acceptors (Lipinski definition) is 4. The second kappa shape index (κ2) is 6.68. The number of ether oxygens (including phenoxy) is 1. The average molecular weight is 321 g/mol. The van der Waals surface area contributed by atoms with Gasteiger partial charge in [0.1, 0.15) is 5.75 Å². The van der Waals surface area contributed by atoms with Crippen molar-refractivity contribution in [2.24, 2.45) is 0 Å². The number of rotatable bonds is 4. The Morgan fingerprint density at radius 3 is 2.46 bits per heavy atom. The highest BCUT2D eigenvalue weighted by Gasteiger charge is 2.14. The molecule has 2 aromatic carbocycles. The van der Waals surface area contributed by atoms with Gasteiger partial charge in [0.2, 0.25) is 0 Å². The molecule has 0 atom stereocenters. The summed E-state index contributed by atoms with van der Waals surface area (Å²) in [5, 5.41) is 2.46. The summed E-state index contributed by atoms with van der Waals surface area (Å²) >= 11 is 0. The highest BCUT2D eigenvalue weighted by atomic mass is 16.5. The van der Waals surface area contributed by atoms with Crippen LogP contribution in [0.25, 0.3) is 22.2 Å². The molecule has 0 spiro atoms. The zero-order chi connectivity index (χ0) is 17.1. The van der Waals surface area contributed by atoms with Gasteiger partial charge in [-0.05, 0) is 36.4 Å². The van der Waals surface area contributed by atoms with Crippen LogP contribution < -0.4 is 10.2 Å². The summed E-state index contributed by atoms with van der Waals surface area (Å²) in [6.07, 6.45) is 0. The van der Waals surface area contributed by atoms with Crippen LogP contribution in [0.1, 0.15) is 10.4 Å². The van der Waals surface area contributed by atoms with Gasteiger partial charge in [-0.1, -0.05) is 18.2 Å². The molecule has 1 amide bonds. The van der Waals surface area contributed by atoms with E-state index in [9.17, 15) is 4.79 Å². The van der Waals surface area contributed by atoms with E-state index < -0.39 is 0 Å². The molecule has 0 unspecified atom stereocenters. The number of nitrogens with zero attached hydrogens (tertiary/aromatic N) is 2. The smallest absolute Gasteiger partial charge is 0.266 e. The fourth-order valence-electron chi connectivity index (χ4n) is 2.54. The second-order valence-electron chi connectivity index (χ2n) is 5.64. The molecule has 3 rings (SSSR count). The molecule has 0 saturated heterocycles. The molecule has 1 aromatic heterocycles. The summed E-state index contributed by atoms with van der Waals surface area (Å²) < 4.78 is 5.19. The number of hydrogen-bond donors (Lipinski definition) is 1. The number of pyridine rings is 1. The highest BCUT2D eigenvalue weighted by molar-refractivity contribution is 6.07. The zero-order valence-electron chi connectivity index (χ0n) is 13.9. The van der Waals surface area contributed by atoms with Crippen LogP contribution in [0.4, 0.5) is 0 Å². The molecular weight excluding hydrogens is 302 g/mol. The molecule has 24 heavy (non-hydrogen) atoms. The van der Waals surface area contributed by atoms with Crippen LogP contribution in [0.15, 0.2) is 54.6 Å². The number of benzene rings is 2. The summed E-state index contributed by atoms with van der Waals surface area (Å²) in [4.78, 5) is 17.2. The van der Waals surface area contributed by atoms with Gasteiger partial charge in [0, 0.05) is 25.0 Å². The Balaban J connectivity index is 2.13. The maximum absolute atomic E-state index is 12.6. The van der Waals surface area contributed by atoms with Crippen molar-refractivity contribution in [3.8, 4) is 17.0 Å². The van der Waals surface area contributed by atoms with Crippen LogP contribution in [0, 0.1) is 0 Å². The minimum atomic E-state index is -0.159. The third-order valence-electron chi connectivity index (χ3n) is 3.67. The molecule has 0 aliphatic rings. The lowest BCUT2D eigenvalue weighted by atomic mass is 10.0. The maximum atomic E-state index is 12.6. The summed E-state index contributed by atoms with van der Waals surface area (Å²) in [5.74, 6) is 0.624. The molecule has 0 fully saturated rings. The van der Waals surface area contributed by atoms with Gasteiger partial charge in [0.05, 0.1) is 23.9 Å². The Labute approximate surface area is 140 Å². The largest absolute Gasteiger partial charge is 0.497 e. The first-order valence-electron chi connectivity index (χ1n) is 7.61. The van der Waals surface area contributed by atoms with Crippen LogP contribution in [0.2, 0.25) is 0 Å².